The number of aliphatic hydroxyl groups excluding tert-OH is 1. The van der Waals surface area contributed by atoms with E-state index in [0.717, 1.165) is 24.4 Å². The fourth-order valence-corrected chi connectivity index (χ4v) is 3.30. The number of hydrogen-bond donors (Lipinski definition) is 2. The predicted octanol–water partition coefficient (Wildman–Crippen LogP) is 1.96. The first kappa shape index (κ1) is 17.9. The highest BCUT2D eigenvalue weighted by Crippen LogP contribution is 2.12. The van der Waals surface area contributed by atoms with Gasteiger partial charge in [-0.2, -0.15) is 11.8 Å². The maximum atomic E-state index is 9.80. The molecule has 0 aromatic carbocycles. The Labute approximate surface area is 130 Å². The monoisotopic (exact) mass is 318 g/mol. The molecule has 2 unspecified atom stereocenters. The fourth-order valence-electron chi connectivity index (χ4n) is 1.85. The van der Waals surface area contributed by atoms with Crippen LogP contribution in [0, 0.1) is 12.8 Å². The number of aromatic nitrogens is 1. The van der Waals surface area contributed by atoms with E-state index in [4.69, 9.17) is 4.74 Å². The molecule has 1 aromatic heterocycles. The van der Waals surface area contributed by atoms with Crippen LogP contribution in [-0.2, 0) is 11.2 Å². The van der Waals surface area contributed by atoms with Gasteiger partial charge in [0.2, 0.25) is 0 Å². The van der Waals surface area contributed by atoms with Crippen molar-refractivity contribution in [2.24, 2.45) is 5.92 Å². The van der Waals surface area contributed by atoms with Crippen molar-refractivity contribution in [3.8, 4) is 0 Å². The van der Waals surface area contributed by atoms with Crippen molar-refractivity contribution >= 4 is 23.1 Å². The largest absolute Gasteiger partial charge is 0.389 e. The lowest BCUT2D eigenvalue weighted by molar-refractivity contribution is 0.0383. The van der Waals surface area contributed by atoms with Crippen molar-refractivity contribution in [1.29, 1.82) is 0 Å². The Morgan fingerprint density at radius 1 is 1.50 bits per heavy atom. The first-order valence-electron chi connectivity index (χ1n) is 6.98. The van der Waals surface area contributed by atoms with Gasteiger partial charge in [-0.15, -0.1) is 11.3 Å². The maximum absolute atomic E-state index is 9.80. The van der Waals surface area contributed by atoms with Gasteiger partial charge in [-0.05, 0) is 31.4 Å². The molecule has 1 aromatic rings. The second-order valence-electron chi connectivity index (χ2n) is 5.06. The normalized spacial score (nSPS) is 14.4. The van der Waals surface area contributed by atoms with E-state index in [1.54, 1.807) is 11.3 Å². The molecule has 0 spiro atoms. The van der Waals surface area contributed by atoms with E-state index in [-0.39, 0.29) is 0 Å². The number of ether oxygens (including phenoxy) is 1. The summed E-state index contributed by atoms with van der Waals surface area (Å²) in [4.78, 5) is 5.47. The molecule has 6 heteroatoms. The van der Waals surface area contributed by atoms with Crippen molar-refractivity contribution in [3.63, 3.8) is 0 Å². The summed E-state index contributed by atoms with van der Waals surface area (Å²) in [6.07, 6.45) is 2.56. The molecule has 1 rings (SSSR count). The first-order chi connectivity index (χ1) is 9.63. The van der Waals surface area contributed by atoms with Crippen molar-refractivity contribution in [1.82, 2.24) is 10.3 Å². The average Bonchev–Trinajstić information content (AvgIpc) is 2.81. The van der Waals surface area contributed by atoms with Gasteiger partial charge in [0.25, 0.3) is 0 Å². The number of thiazole rings is 1. The Bertz CT molecular complexity index is 361. The summed E-state index contributed by atoms with van der Waals surface area (Å²) in [7, 11) is 0. The minimum absolute atomic E-state index is 0.391. The van der Waals surface area contributed by atoms with E-state index in [1.165, 1.54) is 4.88 Å². The van der Waals surface area contributed by atoms with Gasteiger partial charge in [-0.1, -0.05) is 6.92 Å². The summed E-state index contributed by atoms with van der Waals surface area (Å²) in [5.74, 6) is 1.78. The lowest BCUT2D eigenvalue weighted by atomic mass is 10.2. The predicted molar refractivity (Wildman–Crippen MR) is 87.8 cm³/mol. The molecule has 20 heavy (non-hydrogen) atoms. The molecule has 0 aliphatic heterocycles. The van der Waals surface area contributed by atoms with Gasteiger partial charge < -0.3 is 15.2 Å². The molecule has 0 amide bonds. The molecule has 0 saturated carbocycles. The topological polar surface area (TPSA) is 54.4 Å². The maximum Gasteiger partial charge on any atom is 0.0897 e. The third kappa shape index (κ3) is 7.59. The molecule has 0 aliphatic carbocycles. The molecule has 0 fully saturated rings. The summed E-state index contributed by atoms with van der Waals surface area (Å²) in [6.45, 7) is 6.80. The Hall–Kier alpha value is -0.140. The SMILES string of the molecule is CSCC(C)CNCC(O)COCCc1scnc1C. The van der Waals surface area contributed by atoms with Crippen LogP contribution in [-0.4, -0.2) is 54.5 Å². The van der Waals surface area contributed by atoms with E-state index < -0.39 is 6.10 Å². The minimum atomic E-state index is -0.431. The second-order valence-corrected chi connectivity index (χ2v) is 6.91. The number of rotatable bonds is 11. The lowest BCUT2D eigenvalue weighted by Crippen LogP contribution is -2.33. The summed E-state index contributed by atoms with van der Waals surface area (Å²) < 4.78 is 5.51. The van der Waals surface area contributed by atoms with Gasteiger partial charge >= 0.3 is 0 Å². The minimum Gasteiger partial charge on any atom is -0.389 e. The summed E-state index contributed by atoms with van der Waals surface area (Å²) in [6, 6.07) is 0. The quantitative estimate of drug-likeness (QED) is 0.611. The van der Waals surface area contributed by atoms with Crippen molar-refractivity contribution in [2.45, 2.75) is 26.4 Å². The van der Waals surface area contributed by atoms with E-state index in [0.29, 0.717) is 25.7 Å². The number of hydrogen-bond acceptors (Lipinski definition) is 6. The molecule has 1 heterocycles. The third-order valence-electron chi connectivity index (χ3n) is 2.95. The molecular formula is C14H26N2O2S2. The smallest absolute Gasteiger partial charge is 0.0897 e. The van der Waals surface area contributed by atoms with Crippen LogP contribution in [0.3, 0.4) is 0 Å². The number of nitrogens with one attached hydrogen (secondary N) is 1. The first-order valence-corrected chi connectivity index (χ1v) is 9.25. The zero-order valence-corrected chi connectivity index (χ0v) is 14.2. The van der Waals surface area contributed by atoms with E-state index >= 15 is 0 Å². The van der Waals surface area contributed by atoms with Gasteiger partial charge in [-0.3, -0.25) is 0 Å². The summed E-state index contributed by atoms with van der Waals surface area (Å²) in [5, 5.41) is 13.1. The van der Waals surface area contributed by atoms with Crippen LogP contribution in [0.2, 0.25) is 0 Å². The molecule has 116 valence electrons. The summed E-state index contributed by atoms with van der Waals surface area (Å²) >= 11 is 3.52. The van der Waals surface area contributed by atoms with Gasteiger partial charge in [-0.25, -0.2) is 4.98 Å². The van der Waals surface area contributed by atoms with Gasteiger partial charge in [0.1, 0.15) is 0 Å². The van der Waals surface area contributed by atoms with Gasteiger partial charge in [0, 0.05) is 17.8 Å². The van der Waals surface area contributed by atoms with Crippen molar-refractivity contribution in [2.75, 3.05) is 38.3 Å². The van der Waals surface area contributed by atoms with Gasteiger partial charge in [0.05, 0.1) is 30.5 Å². The van der Waals surface area contributed by atoms with Crippen LogP contribution in [0.4, 0.5) is 0 Å². The number of thioether (sulfide) groups is 1. The molecule has 0 bridgehead atoms. The zero-order valence-electron chi connectivity index (χ0n) is 12.6. The van der Waals surface area contributed by atoms with Crippen LogP contribution in [0.15, 0.2) is 5.51 Å². The Morgan fingerprint density at radius 2 is 2.30 bits per heavy atom. The molecule has 0 radical (unpaired) electrons. The van der Waals surface area contributed by atoms with Crippen LogP contribution in [0.5, 0.6) is 0 Å². The summed E-state index contributed by atoms with van der Waals surface area (Å²) in [5.41, 5.74) is 2.95. The van der Waals surface area contributed by atoms with Crippen LogP contribution in [0.1, 0.15) is 17.5 Å². The van der Waals surface area contributed by atoms with E-state index in [9.17, 15) is 5.11 Å². The second kappa shape index (κ2) is 10.6. The zero-order chi connectivity index (χ0) is 14.8. The highest BCUT2D eigenvalue weighted by Gasteiger charge is 2.07. The third-order valence-corrected chi connectivity index (χ3v) is 4.85. The molecular weight excluding hydrogens is 292 g/mol. The number of aryl methyl sites for hydroxylation is 1. The molecule has 2 N–H and O–H groups in total. The van der Waals surface area contributed by atoms with Crippen molar-refractivity contribution in [3.05, 3.63) is 16.1 Å². The van der Waals surface area contributed by atoms with Crippen molar-refractivity contribution < 1.29 is 9.84 Å². The molecule has 2 atom stereocenters. The lowest BCUT2D eigenvalue weighted by Gasteiger charge is -2.15. The highest BCUT2D eigenvalue weighted by atomic mass is 32.2. The molecule has 0 aliphatic rings. The highest BCUT2D eigenvalue weighted by molar-refractivity contribution is 7.98. The standard InChI is InChI=1S/C14H26N2O2S2/c1-11(9-19-3)6-15-7-13(17)8-18-5-4-14-12(2)16-10-20-14/h10-11,13,15,17H,4-9H2,1-3H3. The fraction of sp³-hybridized carbons (Fsp3) is 0.786. The van der Waals surface area contributed by atoms with E-state index in [1.807, 2.05) is 24.2 Å². The Balaban J connectivity index is 2.00. The van der Waals surface area contributed by atoms with Gasteiger partial charge in [0.15, 0.2) is 0 Å². The molecule has 4 nitrogen and oxygen atoms in total. The van der Waals surface area contributed by atoms with Crippen LogP contribution >= 0.6 is 23.1 Å². The average molecular weight is 319 g/mol. The van der Waals surface area contributed by atoms with Crippen LogP contribution in [0.25, 0.3) is 0 Å². The molecule has 0 saturated heterocycles. The number of aliphatic hydroxyl groups is 1. The number of nitrogens with zero attached hydrogens (tertiary/aromatic N) is 1. The Morgan fingerprint density at radius 3 is 2.95 bits per heavy atom. The van der Waals surface area contributed by atoms with E-state index in [2.05, 4.69) is 23.5 Å². The Kier molecular flexibility index (Phi) is 9.46. The van der Waals surface area contributed by atoms with Crippen LogP contribution < -0.4 is 5.32 Å².